The van der Waals surface area contributed by atoms with Crippen molar-refractivity contribution in [1.29, 1.82) is 0 Å². The monoisotopic (exact) mass is 371 g/mol. The number of ether oxygens (including phenoxy) is 1. The Bertz CT molecular complexity index is 591. The molecule has 1 unspecified atom stereocenters. The lowest BCUT2D eigenvalue weighted by Gasteiger charge is -2.20. The topological polar surface area (TPSA) is 21.3 Å². The maximum atomic E-state index is 14.0. The Morgan fingerprint density at radius 3 is 2.62 bits per heavy atom. The number of hydrogen-bond donors (Lipinski definition) is 1. The zero-order valence-electron chi connectivity index (χ0n) is 11.6. The van der Waals surface area contributed by atoms with E-state index in [1.807, 2.05) is 6.92 Å². The standard InChI is InChI=1S/C16H16BrClFNO/c1-2-20-16(14-9-11(17)3-8-15(14)19)10-21-13-6-4-12(18)5-7-13/h3-9,16,20H,2,10H2,1H3. The third kappa shape index (κ3) is 4.70. The van der Waals surface area contributed by atoms with Gasteiger partial charge in [0.1, 0.15) is 18.2 Å². The van der Waals surface area contributed by atoms with Gasteiger partial charge in [-0.25, -0.2) is 4.39 Å². The molecule has 0 spiro atoms. The van der Waals surface area contributed by atoms with Crippen LogP contribution in [0.25, 0.3) is 0 Å². The average Bonchev–Trinajstić information content (AvgIpc) is 2.48. The number of rotatable bonds is 6. The van der Waals surface area contributed by atoms with Gasteiger partial charge in [-0.3, -0.25) is 0 Å². The van der Waals surface area contributed by atoms with Gasteiger partial charge in [0.25, 0.3) is 0 Å². The van der Waals surface area contributed by atoms with Crippen molar-refractivity contribution in [3.8, 4) is 5.75 Å². The van der Waals surface area contributed by atoms with E-state index >= 15 is 0 Å². The van der Waals surface area contributed by atoms with E-state index < -0.39 is 0 Å². The van der Waals surface area contributed by atoms with Gasteiger partial charge in [0, 0.05) is 15.1 Å². The van der Waals surface area contributed by atoms with Crippen molar-refractivity contribution in [2.24, 2.45) is 0 Å². The largest absolute Gasteiger partial charge is 0.492 e. The van der Waals surface area contributed by atoms with Crippen molar-refractivity contribution in [2.75, 3.05) is 13.2 Å². The van der Waals surface area contributed by atoms with Crippen molar-refractivity contribution >= 4 is 27.5 Å². The normalized spacial score (nSPS) is 12.2. The summed E-state index contributed by atoms with van der Waals surface area (Å²) in [6.45, 7) is 3.04. The van der Waals surface area contributed by atoms with E-state index in [-0.39, 0.29) is 11.9 Å². The zero-order valence-corrected chi connectivity index (χ0v) is 13.9. The van der Waals surface area contributed by atoms with Crippen LogP contribution in [0.3, 0.4) is 0 Å². The van der Waals surface area contributed by atoms with Crippen molar-refractivity contribution < 1.29 is 9.13 Å². The summed E-state index contributed by atoms with van der Waals surface area (Å²) in [4.78, 5) is 0. The molecule has 2 nitrogen and oxygen atoms in total. The third-order valence-electron chi connectivity index (χ3n) is 3.01. The predicted molar refractivity (Wildman–Crippen MR) is 87.5 cm³/mol. The Morgan fingerprint density at radius 1 is 1.24 bits per heavy atom. The van der Waals surface area contributed by atoms with Gasteiger partial charge in [-0.05, 0) is 49.0 Å². The number of benzene rings is 2. The van der Waals surface area contributed by atoms with Crippen molar-refractivity contribution in [1.82, 2.24) is 5.32 Å². The lowest BCUT2D eigenvalue weighted by molar-refractivity contribution is 0.265. The molecule has 2 aromatic carbocycles. The van der Waals surface area contributed by atoms with E-state index in [9.17, 15) is 4.39 Å². The van der Waals surface area contributed by atoms with Crippen LogP contribution < -0.4 is 10.1 Å². The van der Waals surface area contributed by atoms with Crippen LogP contribution in [-0.2, 0) is 0 Å². The summed E-state index contributed by atoms with van der Waals surface area (Å²) in [5.74, 6) is 0.460. The minimum absolute atomic E-state index is 0.219. The Kier molecular flexibility index (Phi) is 6.03. The van der Waals surface area contributed by atoms with Crippen LogP contribution >= 0.6 is 27.5 Å². The highest BCUT2D eigenvalue weighted by Gasteiger charge is 2.16. The molecule has 1 N–H and O–H groups in total. The highest BCUT2D eigenvalue weighted by Crippen LogP contribution is 2.23. The number of nitrogens with one attached hydrogen (secondary N) is 1. The highest BCUT2D eigenvalue weighted by atomic mass is 79.9. The number of likely N-dealkylation sites (N-methyl/N-ethyl adjacent to an activating group) is 1. The molecule has 0 aromatic heterocycles. The molecule has 2 rings (SSSR count). The van der Waals surface area contributed by atoms with Crippen LogP contribution in [0.4, 0.5) is 4.39 Å². The van der Waals surface area contributed by atoms with Crippen molar-refractivity contribution in [2.45, 2.75) is 13.0 Å². The first-order valence-electron chi connectivity index (χ1n) is 6.67. The Hall–Kier alpha value is -1.10. The van der Waals surface area contributed by atoms with Gasteiger partial charge in [0.05, 0.1) is 6.04 Å². The van der Waals surface area contributed by atoms with Crippen LogP contribution in [0.15, 0.2) is 46.9 Å². The van der Waals surface area contributed by atoms with E-state index in [0.29, 0.717) is 22.9 Å². The maximum absolute atomic E-state index is 14.0. The summed E-state index contributed by atoms with van der Waals surface area (Å²) in [5.41, 5.74) is 0.584. The highest BCUT2D eigenvalue weighted by molar-refractivity contribution is 9.10. The molecule has 5 heteroatoms. The molecule has 0 bridgehead atoms. The second-order valence-electron chi connectivity index (χ2n) is 4.54. The van der Waals surface area contributed by atoms with Gasteiger partial charge in [0.2, 0.25) is 0 Å². The van der Waals surface area contributed by atoms with Crippen LogP contribution in [0.2, 0.25) is 5.02 Å². The molecule has 112 valence electrons. The molecule has 1 atom stereocenters. The molecule has 0 fully saturated rings. The van der Waals surface area contributed by atoms with Gasteiger partial charge in [-0.2, -0.15) is 0 Å². The van der Waals surface area contributed by atoms with Crippen LogP contribution in [0.5, 0.6) is 5.75 Å². The first-order chi connectivity index (χ1) is 10.1. The Labute approximate surface area is 137 Å². The smallest absolute Gasteiger partial charge is 0.128 e. The van der Waals surface area contributed by atoms with Gasteiger partial charge >= 0.3 is 0 Å². The molecular weight excluding hydrogens is 357 g/mol. The van der Waals surface area contributed by atoms with Crippen molar-refractivity contribution in [3.63, 3.8) is 0 Å². The predicted octanol–water partition coefficient (Wildman–Crippen LogP) is 4.97. The SMILES string of the molecule is CCNC(COc1ccc(Cl)cc1)c1cc(Br)ccc1F. The summed E-state index contributed by atoms with van der Waals surface area (Å²) in [7, 11) is 0. The summed E-state index contributed by atoms with van der Waals surface area (Å²) in [5, 5.41) is 3.89. The molecule has 0 aliphatic carbocycles. The van der Waals surface area contributed by atoms with E-state index in [2.05, 4.69) is 21.2 Å². The van der Waals surface area contributed by atoms with E-state index in [4.69, 9.17) is 16.3 Å². The maximum Gasteiger partial charge on any atom is 0.128 e. The third-order valence-corrected chi connectivity index (χ3v) is 3.76. The zero-order chi connectivity index (χ0) is 15.2. The average molecular weight is 373 g/mol. The molecule has 0 aliphatic heterocycles. The fourth-order valence-corrected chi connectivity index (χ4v) is 2.50. The summed E-state index contributed by atoms with van der Waals surface area (Å²) < 4.78 is 20.6. The lowest BCUT2D eigenvalue weighted by atomic mass is 10.1. The molecule has 0 saturated heterocycles. The molecule has 21 heavy (non-hydrogen) atoms. The second-order valence-corrected chi connectivity index (χ2v) is 5.89. The van der Waals surface area contributed by atoms with E-state index in [1.165, 1.54) is 6.07 Å². The molecule has 0 aliphatic rings. The molecule has 2 aromatic rings. The Balaban J connectivity index is 2.11. The molecule has 0 saturated carbocycles. The summed E-state index contributed by atoms with van der Waals surface area (Å²) in [6, 6.07) is 11.8. The van der Waals surface area contributed by atoms with Crippen molar-refractivity contribution in [3.05, 3.63) is 63.3 Å². The molecular formula is C16H16BrClFNO. The van der Waals surface area contributed by atoms with Gasteiger partial charge in [-0.1, -0.05) is 34.5 Å². The van der Waals surface area contributed by atoms with E-state index in [1.54, 1.807) is 36.4 Å². The Morgan fingerprint density at radius 2 is 1.95 bits per heavy atom. The van der Waals surface area contributed by atoms with Gasteiger partial charge in [-0.15, -0.1) is 0 Å². The minimum Gasteiger partial charge on any atom is -0.492 e. The quantitative estimate of drug-likeness (QED) is 0.773. The van der Waals surface area contributed by atoms with Gasteiger partial charge < -0.3 is 10.1 Å². The first-order valence-corrected chi connectivity index (χ1v) is 7.84. The summed E-state index contributed by atoms with van der Waals surface area (Å²) >= 11 is 9.21. The number of halogens is 3. The lowest BCUT2D eigenvalue weighted by Crippen LogP contribution is -2.27. The fraction of sp³-hybridized carbons (Fsp3) is 0.250. The van der Waals surface area contributed by atoms with Gasteiger partial charge in [0.15, 0.2) is 0 Å². The van der Waals surface area contributed by atoms with Crippen LogP contribution in [-0.4, -0.2) is 13.2 Å². The molecule has 0 amide bonds. The fourth-order valence-electron chi connectivity index (χ4n) is 2.00. The molecule has 0 heterocycles. The molecule has 0 radical (unpaired) electrons. The van der Waals surface area contributed by atoms with Crippen LogP contribution in [0.1, 0.15) is 18.5 Å². The second kappa shape index (κ2) is 7.78. The minimum atomic E-state index is -0.246. The van der Waals surface area contributed by atoms with E-state index in [0.717, 1.165) is 11.0 Å². The number of hydrogen-bond acceptors (Lipinski definition) is 2. The first kappa shape index (κ1) is 16.3. The summed E-state index contributed by atoms with van der Waals surface area (Å²) in [6.07, 6.45) is 0. The van der Waals surface area contributed by atoms with Crippen LogP contribution in [0, 0.1) is 5.82 Å².